The predicted octanol–water partition coefficient (Wildman–Crippen LogP) is 3.85. The highest BCUT2D eigenvalue weighted by molar-refractivity contribution is 6.05. The van der Waals surface area contributed by atoms with Gasteiger partial charge in [0.25, 0.3) is 11.8 Å². The van der Waals surface area contributed by atoms with Gasteiger partial charge in [0, 0.05) is 41.3 Å². The summed E-state index contributed by atoms with van der Waals surface area (Å²) in [6.07, 6.45) is 4.68. The number of carbonyl (C=O) groups excluding carboxylic acids is 2. The van der Waals surface area contributed by atoms with Crippen molar-refractivity contribution in [2.24, 2.45) is 11.8 Å². The van der Waals surface area contributed by atoms with E-state index in [1.165, 1.54) is 12.1 Å². The fourth-order valence-corrected chi connectivity index (χ4v) is 5.61. The van der Waals surface area contributed by atoms with Gasteiger partial charge in [0.2, 0.25) is 0 Å². The molecule has 1 saturated heterocycles. The van der Waals surface area contributed by atoms with Gasteiger partial charge in [-0.1, -0.05) is 18.6 Å². The molecule has 0 spiro atoms. The van der Waals surface area contributed by atoms with Crippen molar-refractivity contribution >= 4 is 33.6 Å². The maximum Gasteiger partial charge on any atom is 0.270 e. The number of fused-ring (bicyclic) bond motifs is 3. The largest absolute Gasteiger partial charge is 0.351 e. The van der Waals surface area contributed by atoms with E-state index in [1.807, 2.05) is 17.0 Å². The highest BCUT2D eigenvalue weighted by Gasteiger charge is 2.42. The molecule has 4 aromatic rings. The van der Waals surface area contributed by atoms with Crippen LogP contribution in [0.15, 0.2) is 48.7 Å². The first-order valence-corrected chi connectivity index (χ1v) is 11.4. The van der Waals surface area contributed by atoms with E-state index in [4.69, 9.17) is 0 Å². The minimum Gasteiger partial charge on any atom is -0.351 e. The number of carbonyl (C=O) groups is 2. The van der Waals surface area contributed by atoms with Crippen LogP contribution in [0.4, 0.5) is 4.39 Å². The van der Waals surface area contributed by atoms with Crippen LogP contribution in [-0.4, -0.2) is 51.0 Å². The first kappa shape index (κ1) is 20.0. The van der Waals surface area contributed by atoms with Gasteiger partial charge in [-0.2, -0.15) is 5.10 Å². The van der Waals surface area contributed by atoms with Gasteiger partial charge in [-0.3, -0.25) is 14.7 Å². The van der Waals surface area contributed by atoms with Crippen molar-refractivity contribution < 1.29 is 14.0 Å². The van der Waals surface area contributed by atoms with Gasteiger partial charge < -0.3 is 15.2 Å². The van der Waals surface area contributed by atoms with Gasteiger partial charge >= 0.3 is 0 Å². The number of nitrogens with one attached hydrogen (secondary N) is 3. The Morgan fingerprint density at radius 1 is 1.09 bits per heavy atom. The Morgan fingerprint density at radius 2 is 2.00 bits per heavy atom. The second kappa shape index (κ2) is 7.72. The molecular weight excluding hydrogens is 421 g/mol. The molecule has 168 valence electrons. The molecule has 8 heteroatoms. The third-order valence-electron chi connectivity index (χ3n) is 7.24. The molecule has 3 N–H and O–H groups in total. The molecule has 3 heterocycles. The molecular formula is C25H24FN5O2. The zero-order valence-corrected chi connectivity index (χ0v) is 18.0. The van der Waals surface area contributed by atoms with E-state index in [-0.39, 0.29) is 29.6 Å². The number of benzene rings is 2. The SMILES string of the molecule is O=C(N[C@@H]1CCC[C@@H]2CN(C(=O)c3cc4cc(F)ccc4[nH]3)C[C@@H]21)c1cccc2cn[nH]c12. The van der Waals surface area contributed by atoms with E-state index in [9.17, 15) is 14.0 Å². The van der Waals surface area contributed by atoms with Gasteiger partial charge in [-0.05, 0) is 49.1 Å². The average molecular weight is 445 g/mol. The summed E-state index contributed by atoms with van der Waals surface area (Å²) >= 11 is 0. The Morgan fingerprint density at radius 3 is 2.91 bits per heavy atom. The summed E-state index contributed by atoms with van der Waals surface area (Å²) in [6, 6.07) is 11.8. The Balaban J connectivity index is 1.20. The lowest BCUT2D eigenvalue weighted by molar-refractivity contribution is 0.0777. The van der Waals surface area contributed by atoms with Crippen molar-refractivity contribution in [1.82, 2.24) is 25.4 Å². The maximum atomic E-state index is 13.5. The molecule has 2 amide bonds. The van der Waals surface area contributed by atoms with Crippen LogP contribution >= 0.6 is 0 Å². The van der Waals surface area contributed by atoms with E-state index in [0.29, 0.717) is 35.7 Å². The molecule has 1 aliphatic carbocycles. The lowest BCUT2D eigenvalue weighted by Crippen LogP contribution is -2.45. The van der Waals surface area contributed by atoms with Crippen LogP contribution in [0.1, 0.15) is 40.1 Å². The Labute approximate surface area is 189 Å². The molecule has 6 rings (SSSR count). The summed E-state index contributed by atoms with van der Waals surface area (Å²) in [7, 11) is 0. The molecule has 1 aliphatic heterocycles. The number of amides is 2. The zero-order chi connectivity index (χ0) is 22.5. The van der Waals surface area contributed by atoms with Crippen molar-refractivity contribution in [3.8, 4) is 0 Å². The summed E-state index contributed by atoms with van der Waals surface area (Å²) in [4.78, 5) is 31.3. The van der Waals surface area contributed by atoms with Crippen molar-refractivity contribution in [3.63, 3.8) is 0 Å². The van der Waals surface area contributed by atoms with Gasteiger partial charge in [0.05, 0.1) is 17.3 Å². The molecule has 3 atom stereocenters. The van der Waals surface area contributed by atoms with Crippen LogP contribution in [-0.2, 0) is 0 Å². The van der Waals surface area contributed by atoms with Crippen molar-refractivity contribution in [1.29, 1.82) is 0 Å². The fourth-order valence-electron chi connectivity index (χ4n) is 5.61. The smallest absolute Gasteiger partial charge is 0.270 e. The van der Waals surface area contributed by atoms with Crippen molar-refractivity contribution in [2.75, 3.05) is 13.1 Å². The van der Waals surface area contributed by atoms with Crippen LogP contribution in [0.3, 0.4) is 0 Å². The van der Waals surface area contributed by atoms with Crippen LogP contribution in [0.5, 0.6) is 0 Å². The standard InChI is InChI=1S/C25H24FN5O2/c26-17-7-8-20-16(9-17)10-22(28-20)25(33)31-12-15-4-2-6-21(19(15)13-31)29-24(32)18-5-1-3-14-11-27-30-23(14)18/h1,3,5,7-11,15,19,21,28H,2,4,6,12-13H2,(H,27,30)(H,29,32)/t15-,19+,21-/m1/s1. The van der Waals surface area contributed by atoms with E-state index in [1.54, 1.807) is 24.4 Å². The topological polar surface area (TPSA) is 93.9 Å². The molecule has 2 aliphatic rings. The minimum absolute atomic E-state index is 0.0176. The normalized spacial score (nSPS) is 22.6. The van der Waals surface area contributed by atoms with Crippen molar-refractivity contribution in [3.05, 3.63) is 65.7 Å². The number of aromatic amines is 2. The Hall–Kier alpha value is -3.68. The third-order valence-corrected chi connectivity index (χ3v) is 7.24. The Kier molecular flexibility index (Phi) is 4.67. The summed E-state index contributed by atoms with van der Waals surface area (Å²) in [5.41, 5.74) is 2.54. The molecule has 2 aromatic carbocycles. The molecule has 2 fully saturated rings. The van der Waals surface area contributed by atoms with E-state index < -0.39 is 0 Å². The lowest BCUT2D eigenvalue weighted by Gasteiger charge is -2.33. The molecule has 0 unspecified atom stereocenters. The Bertz CT molecular complexity index is 1380. The number of hydrogen-bond acceptors (Lipinski definition) is 3. The van der Waals surface area contributed by atoms with E-state index >= 15 is 0 Å². The molecule has 1 saturated carbocycles. The molecule has 33 heavy (non-hydrogen) atoms. The third kappa shape index (κ3) is 3.46. The lowest BCUT2D eigenvalue weighted by atomic mass is 9.78. The predicted molar refractivity (Wildman–Crippen MR) is 122 cm³/mol. The summed E-state index contributed by atoms with van der Waals surface area (Å²) in [6.45, 7) is 1.28. The van der Waals surface area contributed by atoms with Crippen LogP contribution in [0.25, 0.3) is 21.8 Å². The quantitative estimate of drug-likeness (QED) is 0.447. The van der Waals surface area contributed by atoms with Gasteiger partial charge in [0.15, 0.2) is 0 Å². The first-order chi connectivity index (χ1) is 16.1. The number of halogens is 1. The number of H-pyrrole nitrogens is 2. The van der Waals surface area contributed by atoms with E-state index in [0.717, 1.165) is 35.7 Å². The minimum atomic E-state index is -0.322. The zero-order valence-electron chi connectivity index (χ0n) is 18.0. The average Bonchev–Trinajstić information content (AvgIpc) is 3.55. The number of para-hydroxylation sites is 1. The molecule has 0 radical (unpaired) electrons. The first-order valence-electron chi connectivity index (χ1n) is 11.4. The number of likely N-dealkylation sites (tertiary alicyclic amines) is 1. The monoisotopic (exact) mass is 445 g/mol. The highest BCUT2D eigenvalue weighted by Crippen LogP contribution is 2.37. The molecule has 2 aromatic heterocycles. The molecule has 0 bridgehead atoms. The summed E-state index contributed by atoms with van der Waals surface area (Å²) in [5, 5.41) is 11.8. The van der Waals surface area contributed by atoms with Crippen LogP contribution < -0.4 is 5.32 Å². The van der Waals surface area contributed by atoms with Crippen LogP contribution in [0, 0.1) is 17.7 Å². The van der Waals surface area contributed by atoms with Crippen molar-refractivity contribution in [2.45, 2.75) is 25.3 Å². The maximum absolute atomic E-state index is 13.5. The molecule has 7 nitrogen and oxygen atoms in total. The summed E-state index contributed by atoms with van der Waals surface area (Å²) in [5.74, 6) is 0.0653. The fraction of sp³-hybridized carbons (Fsp3) is 0.320. The second-order valence-corrected chi connectivity index (χ2v) is 9.20. The number of hydrogen-bond donors (Lipinski definition) is 3. The number of aromatic nitrogens is 3. The van der Waals surface area contributed by atoms with Crippen LogP contribution in [0.2, 0.25) is 0 Å². The number of nitrogens with zero attached hydrogens (tertiary/aromatic N) is 2. The number of rotatable bonds is 3. The van der Waals surface area contributed by atoms with Gasteiger partial charge in [-0.15, -0.1) is 0 Å². The summed E-state index contributed by atoms with van der Waals surface area (Å²) < 4.78 is 13.5. The van der Waals surface area contributed by atoms with Gasteiger partial charge in [-0.25, -0.2) is 4.39 Å². The highest BCUT2D eigenvalue weighted by atomic mass is 19.1. The van der Waals surface area contributed by atoms with Gasteiger partial charge in [0.1, 0.15) is 11.5 Å². The second-order valence-electron chi connectivity index (χ2n) is 9.20. The van der Waals surface area contributed by atoms with E-state index in [2.05, 4.69) is 20.5 Å².